The lowest BCUT2D eigenvalue weighted by Gasteiger charge is -2.09. The van der Waals surface area contributed by atoms with Gasteiger partial charge < -0.3 is 37.0 Å². The molecule has 1 amide bonds. The maximum absolute atomic E-state index is 11.5. The molecular weight excluding hydrogens is 1190 g/mol. The molecule has 0 spiro atoms. The second-order valence-electron chi connectivity index (χ2n) is 19.6. The zero-order valence-corrected chi connectivity index (χ0v) is 48.7. The molecule has 88 heavy (non-hydrogen) atoms. The van der Waals surface area contributed by atoms with E-state index in [1.54, 1.807) is 121 Å². The summed E-state index contributed by atoms with van der Waals surface area (Å²) in [6, 6.07) is 35.8. The number of anilines is 3. The number of phenolic OH excluding ortho intramolecular Hbond substituents is 2. The fourth-order valence-electron chi connectivity index (χ4n) is 9.09. The number of benzene rings is 6. The van der Waals surface area contributed by atoms with Gasteiger partial charge in [-0.05, 0) is 114 Å². The Labute approximate surface area is 502 Å². The summed E-state index contributed by atoms with van der Waals surface area (Å²) in [5.74, 6) is 1.21. The van der Waals surface area contributed by atoms with E-state index in [0.717, 1.165) is 44.8 Å². The topological polar surface area (TPSA) is 411 Å². The van der Waals surface area contributed by atoms with Gasteiger partial charge in [-0.2, -0.15) is 0 Å². The van der Waals surface area contributed by atoms with E-state index < -0.39 is 36.0 Å². The van der Waals surface area contributed by atoms with Gasteiger partial charge >= 0.3 is 0 Å². The molecule has 0 saturated carbocycles. The number of nitrogens with one attached hydrogen (secondary N) is 3. The minimum Gasteiger partial charge on any atom is -0.508 e. The number of aryl methyl sites for hydroxylation is 1. The quantitative estimate of drug-likeness (QED) is 0.0494. The number of amides is 1. The molecule has 0 fully saturated rings. The van der Waals surface area contributed by atoms with Crippen molar-refractivity contribution in [3.63, 3.8) is 0 Å². The van der Waals surface area contributed by atoms with Crippen LogP contribution in [0, 0.1) is 6.92 Å². The minimum atomic E-state index is -3.74. The predicted molar refractivity (Wildman–Crippen MR) is 329 cm³/mol. The van der Waals surface area contributed by atoms with Crippen molar-refractivity contribution in [3.05, 3.63) is 217 Å². The van der Waals surface area contributed by atoms with Gasteiger partial charge in [-0.15, -0.1) is 0 Å². The van der Waals surface area contributed by atoms with Gasteiger partial charge in [0.1, 0.15) is 17.2 Å². The lowest BCUT2D eigenvalue weighted by molar-refractivity contribution is 0.0997. The van der Waals surface area contributed by atoms with Crippen molar-refractivity contribution in [1.29, 1.82) is 0 Å². The highest BCUT2D eigenvalue weighted by molar-refractivity contribution is 7.89. The number of carbonyl (C=O) groups excluding carboxylic acids is 1. The molecule has 0 saturated heterocycles. The van der Waals surface area contributed by atoms with Gasteiger partial charge in [0.15, 0.2) is 34.4 Å². The first-order chi connectivity index (χ1) is 42.0. The van der Waals surface area contributed by atoms with Crippen molar-refractivity contribution in [1.82, 2.24) is 43.1 Å². The highest BCUT2D eigenvalue weighted by atomic mass is 32.2. The van der Waals surface area contributed by atoms with Gasteiger partial charge in [-0.3, -0.25) is 18.0 Å². The van der Waals surface area contributed by atoms with E-state index in [1.165, 1.54) is 48.5 Å². The Morgan fingerprint density at radius 1 is 0.455 bits per heavy atom. The summed E-state index contributed by atoms with van der Waals surface area (Å²) < 4.78 is 73.7. The van der Waals surface area contributed by atoms with Crippen LogP contribution in [-0.4, -0.2) is 89.6 Å². The van der Waals surface area contributed by atoms with Crippen LogP contribution in [0.2, 0.25) is 0 Å². The average molecular weight is 1240 g/mol. The molecule has 0 aliphatic carbocycles. The fourth-order valence-corrected chi connectivity index (χ4v) is 10.6. The first kappa shape index (κ1) is 60.3. The number of rotatable bonds is 16. The van der Waals surface area contributed by atoms with Gasteiger partial charge in [-0.1, -0.05) is 48.5 Å². The Balaban J connectivity index is 0.000000146. The molecular formula is C59H54N16O10S3. The van der Waals surface area contributed by atoms with Crippen LogP contribution in [0.15, 0.2) is 204 Å². The van der Waals surface area contributed by atoms with Gasteiger partial charge in [0.05, 0.1) is 55.9 Å². The zero-order valence-electron chi connectivity index (χ0n) is 46.3. The number of hydrogen-bond acceptors (Lipinski definition) is 19. The van der Waals surface area contributed by atoms with Crippen molar-refractivity contribution in [3.8, 4) is 51.0 Å². The highest BCUT2D eigenvalue weighted by Gasteiger charge is 2.17. The van der Waals surface area contributed by atoms with Crippen molar-refractivity contribution in [2.24, 2.45) is 21.2 Å². The number of fused-ring (bicyclic) bond motifs is 3. The van der Waals surface area contributed by atoms with E-state index >= 15 is 0 Å². The number of phenols is 3. The second-order valence-corrected chi connectivity index (χ2v) is 24.3. The lowest BCUT2D eigenvalue weighted by atomic mass is 10.1. The number of imidazole rings is 3. The van der Waals surface area contributed by atoms with E-state index in [4.69, 9.17) is 21.2 Å². The summed E-state index contributed by atoms with van der Waals surface area (Å²) in [5.41, 5.74) is 15.4. The summed E-state index contributed by atoms with van der Waals surface area (Å²) in [6.45, 7) is 3.10. The molecule has 0 aliphatic rings. The van der Waals surface area contributed by atoms with Crippen LogP contribution in [-0.2, 0) is 49.7 Å². The van der Waals surface area contributed by atoms with Crippen molar-refractivity contribution < 1.29 is 45.4 Å². The molecule has 26 nitrogen and oxygen atoms in total. The molecule has 0 unspecified atom stereocenters. The largest absolute Gasteiger partial charge is 0.508 e. The molecule has 0 bridgehead atoms. The van der Waals surface area contributed by atoms with Crippen LogP contribution in [0.4, 0.5) is 17.5 Å². The molecule has 12 aromatic rings. The standard InChI is InChI=1S/C20H18N6O4S.C20H19N5O3S.C19H17N5O3S/c21-18(28)15-9-13(3-6-17(15)27)16-11-25-20-19(23-7-8-26(16)20)24-10-12-1-4-14(5-2-12)31(22,29)30;1-13-10-15(4-7-18(13)26)17-12-24-20-19(22-8-9-25(17)20)23-11-14-2-5-16(6-3-14)29(21,27)28;20-28(26,27)16-6-4-13(5-7-16)11-22-18-19-23-12-17(24(19)9-8-21-18)14-2-1-3-15(25)10-14/h1-9,11,27H,10H2,(H2,21,28)(H,23,24)(H2,22,29,30);2-10,12,26H,11H2,1H3,(H,22,23)(H2,21,27,28);1-10,12,25H,11H2,(H,21,22)(H2,20,26,27). The van der Waals surface area contributed by atoms with E-state index in [-0.39, 0.29) is 37.5 Å². The Morgan fingerprint density at radius 3 is 1.15 bits per heavy atom. The molecule has 6 aromatic carbocycles. The summed E-state index contributed by atoms with van der Waals surface area (Å²) in [5, 5.41) is 54.3. The van der Waals surface area contributed by atoms with Gasteiger partial charge in [0, 0.05) is 73.5 Å². The number of aromatic hydroxyl groups is 3. The first-order valence-electron chi connectivity index (χ1n) is 26.2. The van der Waals surface area contributed by atoms with Crippen LogP contribution in [0.3, 0.4) is 0 Å². The SMILES string of the molecule is Cc1cc(-c2cnc3c(NCc4ccc(S(N)(=O)=O)cc4)nccn23)ccc1O.NC(=O)c1cc(-c2cnc3c(NCc4ccc(S(N)(=O)=O)cc4)nccn23)ccc1O.NS(=O)(=O)c1ccc(CNc2nccn3c(-c4cccc(O)c4)cnc23)cc1. The third-order valence-corrected chi connectivity index (χ3v) is 16.4. The number of hydrogen-bond donors (Lipinski definition) is 10. The number of primary sulfonamides is 3. The van der Waals surface area contributed by atoms with Crippen LogP contribution in [0.5, 0.6) is 17.2 Å². The molecule has 14 N–H and O–H groups in total. The molecule has 6 heterocycles. The minimum absolute atomic E-state index is 0.0165. The van der Waals surface area contributed by atoms with Crippen LogP contribution >= 0.6 is 0 Å². The third-order valence-electron chi connectivity index (χ3n) is 13.6. The number of primary amides is 1. The lowest BCUT2D eigenvalue weighted by Crippen LogP contribution is -2.12. The molecule has 448 valence electrons. The average Bonchev–Trinajstić information content (AvgIpc) is 2.30. The molecule has 12 rings (SSSR count). The number of nitrogens with zero attached hydrogens (tertiary/aromatic N) is 9. The molecule has 29 heteroatoms. The third kappa shape index (κ3) is 13.8. The Morgan fingerprint density at radius 2 is 0.807 bits per heavy atom. The van der Waals surface area contributed by atoms with E-state index in [2.05, 4.69) is 45.9 Å². The van der Waals surface area contributed by atoms with E-state index in [0.29, 0.717) is 65.3 Å². The molecule has 0 radical (unpaired) electrons. The van der Waals surface area contributed by atoms with Gasteiger partial charge in [0.2, 0.25) is 30.1 Å². The number of aromatic nitrogens is 9. The Hall–Kier alpha value is -10.8. The first-order valence-corrected chi connectivity index (χ1v) is 30.9. The van der Waals surface area contributed by atoms with Crippen LogP contribution < -0.4 is 37.1 Å². The fraction of sp³-hybridized carbons (Fsp3) is 0.0678. The van der Waals surface area contributed by atoms with Crippen LogP contribution in [0.25, 0.3) is 50.7 Å². The van der Waals surface area contributed by atoms with Gasteiger partial charge in [0.25, 0.3) is 5.91 Å². The number of nitrogens with two attached hydrogens (primary N) is 4. The van der Waals surface area contributed by atoms with E-state index in [9.17, 15) is 45.4 Å². The Bertz CT molecular complexity index is 4930. The summed E-state index contributed by atoms with van der Waals surface area (Å²) >= 11 is 0. The van der Waals surface area contributed by atoms with Crippen molar-refractivity contribution >= 4 is 70.4 Å². The van der Waals surface area contributed by atoms with E-state index in [1.807, 2.05) is 40.1 Å². The van der Waals surface area contributed by atoms with Crippen LogP contribution in [0.1, 0.15) is 32.6 Å². The summed E-state index contributed by atoms with van der Waals surface area (Å²) in [7, 11) is -11.2. The second kappa shape index (κ2) is 25.0. The monoisotopic (exact) mass is 1240 g/mol. The smallest absolute Gasteiger partial charge is 0.252 e. The molecule has 6 aromatic heterocycles. The summed E-state index contributed by atoms with van der Waals surface area (Å²) in [4.78, 5) is 38.1. The predicted octanol–water partition coefficient (Wildman–Crippen LogP) is 6.49. The van der Waals surface area contributed by atoms with Crippen molar-refractivity contribution in [2.45, 2.75) is 41.2 Å². The molecule has 0 atom stereocenters. The van der Waals surface area contributed by atoms with Gasteiger partial charge in [-0.25, -0.2) is 70.6 Å². The van der Waals surface area contributed by atoms with Crippen molar-refractivity contribution in [2.75, 3.05) is 16.0 Å². The highest BCUT2D eigenvalue weighted by Crippen LogP contribution is 2.31. The number of carbonyl (C=O) groups is 1. The Kier molecular flexibility index (Phi) is 17.1. The summed E-state index contributed by atoms with van der Waals surface area (Å²) in [6.07, 6.45) is 15.4. The number of sulfonamides is 3. The molecule has 0 aliphatic heterocycles. The maximum atomic E-state index is 11.5. The normalized spacial score (nSPS) is 11.6. The maximum Gasteiger partial charge on any atom is 0.252 e. The zero-order chi connectivity index (χ0) is 62.5.